The molecule has 3 amide bonds. The second kappa shape index (κ2) is 9.37. The minimum atomic E-state index is -1.41. The van der Waals surface area contributed by atoms with Gasteiger partial charge in [-0.2, -0.15) is 5.01 Å². The SMILES string of the molecule is C#CCCCC1(CCCC(=O)O)C(=O)N(C(=O)OC(C)(C)C)N1C(=O)OC(C)(C)C. The van der Waals surface area contributed by atoms with Crippen molar-refractivity contribution in [1.29, 1.82) is 0 Å². The van der Waals surface area contributed by atoms with E-state index in [1.165, 1.54) is 0 Å². The summed E-state index contributed by atoms with van der Waals surface area (Å²) in [5, 5.41) is 10.6. The van der Waals surface area contributed by atoms with Crippen LogP contribution in [-0.4, -0.2) is 55.9 Å². The van der Waals surface area contributed by atoms with E-state index in [-0.39, 0.29) is 25.7 Å². The number of hydrazine groups is 1. The standard InChI is InChI=1S/C21H32N2O7/c1-8-9-10-13-21(14-11-12-15(24)25)16(26)22(17(27)29-19(2,3)4)23(21)18(28)30-20(5,6)7/h1H,9-14H2,2-7H3,(H,24,25). The van der Waals surface area contributed by atoms with Crippen LogP contribution in [0.3, 0.4) is 0 Å². The number of aliphatic carboxylic acids is 1. The highest BCUT2D eigenvalue weighted by molar-refractivity contribution is 6.06. The number of amides is 3. The number of carbonyl (C=O) groups excluding carboxylic acids is 3. The molecule has 1 fully saturated rings. The maximum Gasteiger partial charge on any atom is 0.436 e. The predicted octanol–water partition coefficient (Wildman–Crippen LogP) is 3.71. The number of carboxylic acid groups (broad SMARTS) is 1. The van der Waals surface area contributed by atoms with Crippen LogP contribution in [0.4, 0.5) is 9.59 Å². The lowest BCUT2D eigenvalue weighted by atomic mass is 9.81. The van der Waals surface area contributed by atoms with E-state index in [1.807, 2.05) is 0 Å². The molecule has 1 heterocycles. The molecule has 0 aliphatic carbocycles. The zero-order valence-corrected chi connectivity index (χ0v) is 18.6. The van der Waals surface area contributed by atoms with Crippen LogP contribution in [0, 0.1) is 12.3 Å². The highest BCUT2D eigenvalue weighted by Gasteiger charge is 2.65. The van der Waals surface area contributed by atoms with Crippen LogP contribution in [-0.2, 0) is 19.1 Å². The number of nitrogens with zero attached hydrogens (tertiary/aromatic N) is 2. The lowest BCUT2D eigenvalue weighted by molar-refractivity contribution is -0.208. The van der Waals surface area contributed by atoms with Crippen LogP contribution in [0.1, 0.15) is 80.1 Å². The minimum Gasteiger partial charge on any atom is -0.481 e. The highest BCUT2D eigenvalue weighted by atomic mass is 16.6. The molecule has 1 aliphatic heterocycles. The fraction of sp³-hybridized carbons (Fsp3) is 0.714. The van der Waals surface area contributed by atoms with Crippen molar-refractivity contribution in [3.8, 4) is 12.3 Å². The number of imide groups is 1. The van der Waals surface area contributed by atoms with E-state index >= 15 is 0 Å². The summed E-state index contributed by atoms with van der Waals surface area (Å²) >= 11 is 0. The number of ether oxygens (including phenoxy) is 2. The van der Waals surface area contributed by atoms with Crippen molar-refractivity contribution in [2.24, 2.45) is 0 Å². The highest BCUT2D eigenvalue weighted by Crippen LogP contribution is 2.42. The summed E-state index contributed by atoms with van der Waals surface area (Å²) < 4.78 is 10.7. The van der Waals surface area contributed by atoms with Crippen molar-refractivity contribution in [2.75, 3.05) is 0 Å². The normalized spacial score (nSPS) is 19.0. The first-order valence-electron chi connectivity index (χ1n) is 9.90. The van der Waals surface area contributed by atoms with Gasteiger partial charge in [-0.05, 0) is 67.2 Å². The van der Waals surface area contributed by atoms with Gasteiger partial charge in [0.05, 0.1) is 0 Å². The van der Waals surface area contributed by atoms with Gasteiger partial charge in [-0.1, -0.05) is 0 Å². The molecule has 0 aromatic rings. The Hall–Kier alpha value is -2.76. The van der Waals surface area contributed by atoms with Crippen molar-refractivity contribution in [1.82, 2.24) is 10.0 Å². The zero-order valence-electron chi connectivity index (χ0n) is 18.6. The summed E-state index contributed by atoms with van der Waals surface area (Å²) in [4.78, 5) is 49.7. The second-order valence-corrected chi connectivity index (χ2v) is 9.23. The topological polar surface area (TPSA) is 113 Å². The fourth-order valence-corrected chi connectivity index (χ4v) is 3.12. The van der Waals surface area contributed by atoms with Gasteiger partial charge in [-0.25, -0.2) is 9.59 Å². The Morgan fingerprint density at radius 1 is 1.00 bits per heavy atom. The van der Waals surface area contributed by atoms with Gasteiger partial charge >= 0.3 is 18.2 Å². The molecule has 1 rings (SSSR count). The summed E-state index contributed by atoms with van der Waals surface area (Å²) in [7, 11) is 0. The molecule has 0 radical (unpaired) electrons. The average molecular weight is 424 g/mol. The smallest absolute Gasteiger partial charge is 0.436 e. The Morgan fingerprint density at radius 2 is 1.50 bits per heavy atom. The number of hydrogen-bond acceptors (Lipinski definition) is 6. The number of terminal acetylenes is 1. The first-order valence-corrected chi connectivity index (χ1v) is 9.90. The summed E-state index contributed by atoms with van der Waals surface area (Å²) in [6.45, 7) is 9.90. The molecule has 0 aromatic heterocycles. The first-order chi connectivity index (χ1) is 13.6. The Morgan fingerprint density at radius 3 is 1.97 bits per heavy atom. The average Bonchev–Trinajstić information content (AvgIpc) is 2.54. The van der Waals surface area contributed by atoms with Gasteiger partial charge in [-0.3, -0.25) is 9.59 Å². The summed E-state index contributed by atoms with van der Waals surface area (Å²) in [5.74, 6) is 0.825. The van der Waals surface area contributed by atoms with Crippen molar-refractivity contribution >= 4 is 24.1 Å². The number of carboxylic acids is 1. The molecule has 168 valence electrons. The van der Waals surface area contributed by atoms with E-state index in [2.05, 4.69) is 5.92 Å². The number of hydrogen-bond donors (Lipinski definition) is 1. The Bertz CT molecular complexity index is 727. The minimum absolute atomic E-state index is 0.0568. The second-order valence-electron chi connectivity index (χ2n) is 9.23. The third kappa shape index (κ3) is 6.37. The van der Waals surface area contributed by atoms with Crippen LogP contribution in [0.5, 0.6) is 0 Å². The van der Waals surface area contributed by atoms with E-state index in [9.17, 15) is 19.2 Å². The predicted molar refractivity (Wildman–Crippen MR) is 108 cm³/mol. The molecule has 1 aliphatic rings. The van der Waals surface area contributed by atoms with Crippen molar-refractivity contribution in [3.63, 3.8) is 0 Å². The van der Waals surface area contributed by atoms with Crippen LogP contribution < -0.4 is 0 Å². The third-order valence-corrected chi connectivity index (χ3v) is 4.22. The quantitative estimate of drug-likeness (QED) is 0.489. The Labute approximate surface area is 177 Å². The lowest BCUT2D eigenvalue weighted by Crippen LogP contribution is -2.80. The lowest BCUT2D eigenvalue weighted by Gasteiger charge is -2.55. The van der Waals surface area contributed by atoms with Gasteiger partial charge in [0.1, 0.15) is 16.7 Å². The molecule has 9 nitrogen and oxygen atoms in total. The number of unbranched alkanes of at least 4 members (excludes halogenated alkanes) is 1. The van der Waals surface area contributed by atoms with E-state index in [1.54, 1.807) is 41.5 Å². The molecule has 1 N–H and O–H groups in total. The van der Waals surface area contributed by atoms with E-state index in [0.717, 1.165) is 5.01 Å². The third-order valence-electron chi connectivity index (χ3n) is 4.22. The molecule has 0 saturated carbocycles. The maximum absolute atomic E-state index is 13.1. The van der Waals surface area contributed by atoms with Crippen LogP contribution >= 0.6 is 0 Å². The number of carbonyl (C=O) groups is 4. The van der Waals surface area contributed by atoms with E-state index < -0.39 is 40.8 Å². The van der Waals surface area contributed by atoms with Gasteiger partial charge in [0.25, 0.3) is 5.91 Å². The monoisotopic (exact) mass is 424 g/mol. The van der Waals surface area contributed by atoms with Gasteiger partial charge in [0, 0.05) is 12.8 Å². The number of rotatable bonds is 7. The van der Waals surface area contributed by atoms with Gasteiger partial charge < -0.3 is 14.6 Å². The van der Waals surface area contributed by atoms with E-state index in [0.29, 0.717) is 17.9 Å². The molecule has 1 saturated heterocycles. The molecule has 9 heteroatoms. The van der Waals surface area contributed by atoms with Crippen molar-refractivity contribution in [3.05, 3.63) is 0 Å². The largest absolute Gasteiger partial charge is 0.481 e. The first kappa shape index (κ1) is 25.3. The Kier molecular flexibility index (Phi) is 7.89. The zero-order chi connectivity index (χ0) is 23.3. The molecular weight excluding hydrogens is 392 g/mol. The van der Waals surface area contributed by atoms with Gasteiger partial charge in [0.15, 0.2) is 0 Å². The molecule has 30 heavy (non-hydrogen) atoms. The molecule has 0 spiro atoms. The van der Waals surface area contributed by atoms with Crippen LogP contribution in [0.2, 0.25) is 0 Å². The van der Waals surface area contributed by atoms with Crippen molar-refractivity contribution < 1.29 is 33.8 Å². The maximum atomic E-state index is 13.1. The molecule has 0 bridgehead atoms. The summed E-state index contributed by atoms with van der Waals surface area (Å²) in [6, 6.07) is 0. The molecule has 0 aromatic carbocycles. The fourth-order valence-electron chi connectivity index (χ4n) is 3.12. The van der Waals surface area contributed by atoms with Crippen LogP contribution in [0.25, 0.3) is 0 Å². The van der Waals surface area contributed by atoms with Gasteiger partial charge in [-0.15, -0.1) is 17.4 Å². The van der Waals surface area contributed by atoms with Crippen LogP contribution in [0.15, 0.2) is 0 Å². The summed E-state index contributed by atoms with van der Waals surface area (Å²) in [6.07, 6.45) is 4.40. The molecular formula is C21H32N2O7. The van der Waals surface area contributed by atoms with E-state index in [4.69, 9.17) is 21.0 Å². The van der Waals surface area contributed by atoms with Gasteiger partial charge in [0.2, 0.25) is 0 Å². The van der Waals surface area contributed by atoms with Crippen molar-refractivity contribution in [2.45, 2.75) is 96.8 Å². The Balaban J connectivity index is 3.29. The summed E-state index contributed by atoms with van der Waals surface area (Å²) in [5.41, 5.74) is -3.17. The molecule has 1 unspecified atom stereocenters. The molecule has 1 atom stereocenters.